The maximum absolute atomic E-state index is 5.33. The van der Waals surface area contributed by atoms with E-state index >= 15 is 0 Å². The lowest BCUT2D eigenvalue weighted by atomic mass is 9.99. The van der Waals surface area contributed by atoms with Gasteiger partial charge in [-0.1, -0.05) is 12.1 Å². The lowest BCUT2D eigenvalue weighted by molar-refractivity contribution is 0.187. The molecular weight excluding hydrogens is 268 g/mol. The van der Waals surface area contributed by atoms with Crippen LogP contribution >= 0.6 is 0 Å². The van der Waals surface area contributed by atoms with Gasteiger partial charge in [0, 0.05) is 6.54 Å². The van der Waals surface area contributed by atoms with E-state index in [1.165, 1.54) is 12.8 Å². The van der Waals surface area contributed by atoms with Gasteiger partial charge in [0.2, 0.25) is 11.7 Å². The minimum Gasteiger partial charge on any atom is -0.461 e. The molecule has 1 aliphatic rings. The van der Waals surface area contributed by atoms with Crippen molar-refractivity contribution in [2.24, 2.45) is 5.92 Å². The molecule has 0 bridgehead atoms. The van der Waals surface area contributed by atoms with E-state index < -0.39 is 0 Å². The molecule has 3 rings (SSSR count). The van der Waals surface area contributed by atoms with E-state index in [9.17, 15) is 0 Å². The molecule has 0 spiro atoms. The van der Waals surface area contributed by atoms with Crippen molar-refractivity contribution in [3.05, 3.63) is 24.3 Å². The van der Waals surface area contributed by atoms with Gasteiger partial charge in [0.05, 0.1) is 12.8 Å². The lowest BCUT2D eigenvalue weighted by Crippen LogP contribution is -2.38. The molecule has 0 aliphatic carbocycles. The molecule has 1 saturated heterocycles. The normalized spacial score (nSPS) is 19.2. The van der Waals surface area contributed by atoms with E-state index in [-0.39, 0.29) is 0 Å². The van der Waals surface area contributed by atoms with E-state index in [4.69, 9.17) is 8.94 Å². The maximum Gasteiger partial charge on any atom is 0.241 e. The van der Waals surface area contributed by atoms with Crippen molar-refractivity contribution in [3.63, 3.8) is 0 Å². The molecule has 2 aromatic rings. The van der Waals surface area contributed by atoms with Crippen molar-refractivity contribution < 1.29 is 8.94 Å². The Morgan fingerprint density at radius 2 is 2.43 bits per heavy atom. The van der Waals surface area contributed by atoms with Crippen LogP contribution in [0.1, 0.15) is 25.7 Å². The van der Waals surface area contributed by atoms with Crippen molar-refractivity contribution in [1.82, 2.24) is 20.4 Å². The number of hydrogen-bond acceptors (Lipinski definition) is 6. The van der Waals surface area contributed by atoms with Crippen molar-refractivity contribution in [2.75, 3.05) is 26.2 Å². The highest BCUT2D eigenvalue weighted by Gasteiger charge is 2.18. The standard InChI is InChI=1S/C15H22N4O2/c1-2-19(10-12-5-3-7-16-9-12)11-14-17-15(18-21-14)13-6-4-8-20-13/h4,6,8,12,16H,2-3,5,7,9-11H2,1H3. The Kier molecular flexibility index (Phi) is 4.67. The highest BCUT2D eigenvalue weighted by atomic mass is 16.5. The van der Waals surface area contributed by atoms with Crippen LogP contribution in [0.5, 0.6) is 0 Å². The predicted octanol–water partition coefficient (Wildman–Crippen LogP) is 2.15. The summed E-state index contributed by atoms with van der Waals surface area (Å²) in [6, 6.07) is 3.65. The van der Waals surface area contributed by atoms with Gasteiger partial charge in [-0.05, 0) is 50.5 Å². The van der Waals surface area contributed by atoms with Crippen LogP contribution in [0, 0.1) is 5.92 Å². The van der Waals surface area contributed by atoms with Crippen LogP contribution in [0.25, 0.3) is 11.6 Å². The lowest BCUT2D eigenvalue weighted by Gasteiger charge is -2.28. The third-order valence-electron chi connectivity index (χ3n) is 3.93. The van der Waals surface area contributed by atoms with Crippen LogP contribution in [-0.4, -0.2) is 41.2 Å². The Hall–Kier alpha value is -1.66. The molecule has 6 nitrogen and oxygen atoms in total. The number of furan rings is 1. The zero-order chi connectivity index (χ0) is 14.5. The summed E-state index contributed by atoms with van der Waals surface area (Å²) < 4.78 is 10.6. The summed E-state index contributed by atoms with van der Waals surface area (Å²) in [4.78, 5) is 6.76. The summed E-state index contributed by atoms with van der Waals surface area (Å²) in [5, 5.41) is 7.43. The molecule has 114 valence electrons. The van der Waals surface area contributed by atoms with Crippen LogP contribution < -0.4 is 5.32 Å². The summed E-state index contributed by atoms with van der Waals surface area (Å²) in [7, 11) is 0. The molecular formula is C15H22N4O2. The second kappa shape index (κ2) is 6.87. The number of aromatic nitrogens is 2. The van der Waals surface area contributed by atoms with Gasteiger partial charge < -0.3 is 14.3 Å². The maximum atomic E-state index is 5.33. The van der Waals surface area contributed by atoms with Gasteiger partial charge in [-0.15, -0.1) is 0 Å². The molecule has 2 aromatic heterocycles. The first-order valence-corrected chi connectivity index (χ1v) is 7.64. The molecule has 3 heterocycles. The zero-order valence-electron chi connectivity index (χ0n) is 12.4. The van der Waals surface area contributed by atoms with Gasteiger partial charge in [-0.2, -0.15) is 4.98 Å². The summed E-state index contributed by atoms with van der Waals surface area (Å²) in [5.41, 5.74) is 0. The SMILES string of the molecule is CCN(Cc1nc(-c2ccco2)no1)CC1CCCNC1. The van der Waals surface area contributed by atoms with E-state index in [1.54, 1.807) is 6.26 Å². The molecule has 21 heavy (non-hydrogen) atoms. The topological polar surface area (TPSA) is 67.3 Å². The van der Waals surface area contributed by atoms with E-state index in [0.717, 1.165) is 26.2 Å². The van der Waals surface area contributed by atoms with Gasteiger partial charge in [-0.3, -0.25) is 4.90 Å². The van der Waals surface area contributed by atoms with E-state index in [2.05, 4.69) is 27.3 Å². The third-order valence-corrected chi connectivity index (χ3v) is 3.93. The van der Waals surface area contributed by atoms with Crippen molar-refractivity contribution in [1.29, 1.82) is 0 Å². The van der Waals surface area contributed by atoms with Crippen LogP contribution in [0.15, 0.2) is 27.3 Å². The zero-order valence-corrected chi connectivity index (χ0v) is 12.4. The van der Waals surface area contributed by atoms with E-state index in [1.807, 2.05) is 12.1 Å². The van der Waals surface area contributed by atoms with Crippen LogP contribution in [0.2, 0.25) is 0 Å². The van der Waals surface area contributed by atoms with E-state index in [0.29, 0.717) is 29.9 Å². The number of nitrogens with one attached hydrogen (secondary N) is 1. The molecule has 0 saturated carbocycles. The van der Waals surface area contributed by atoms with Crippen molar-refractivity contribution >= 4 is 0 Å². The summed E-state index contributed by atoms with van der Waals surface area (Å²) in [6.07, 6.45) is 4.18. The molecule has 1 aliphatic heterocycles. The first kappa shape index (κ1) is 14.3. The Morgan fingerprint density at radius 3 is 3.14 bits per heavy atom. The molecule has 6 heteroatoms. The first-order valence-electron chi connectivity index (χ1n) is 7.64. The first-order chi connectivity index (χ1) is 10.3. The average molecular weight is 290 g/mol. The van der Waals surface area contributed by atoms with Gasteiger partial charge in [0.25, 0.3) is 0 Å². The monoisotopic (exact) mass is 290 g/mol. The fourth-order valence-corrected chi connectivity index (χ4v) is 2.77. The highest BCUT2D eigenvalue weighted by molar-refractivity contribution is 5.44. The number of nitrogens with zero attached hydrogens (tertiary/aromatic N) is 3. The van der Waals surface area contributed by atoms with Crippen molar-refractivity contribution in [2.45, 2.75) is 26.3 Å². The number of hydrogen-bond donors (Lipinski definition) is 1. The summed E-state index contributed by atoms with van der Waals surface area (Å²) in [6.45, 7) is 7.18. The Bertz CT molecular complexity index is 532. The largest absolute Gasteiger partial charge is 0.461 e. The molecule has 1 fully saturated rings. The Labute approximate surface area is 124 Å². The second-order valence-corrected chi connectivity index (χ2v) is 5.53. The predicted molar refractivity (Wildman–Crippen MR) is 78.5 cm³/mol. The van der Waals surface area contributed by atoms with Crippen LogP contribution in [0.3, 0.4) is 0 Å². The van der Waals surface area contributed by atoms with Gasteiger partial charge in [-0.25, -0.2) is 0 Å². The third kappa shape index (κ3) is 3.71. The number of rotatable bonds is 6. The number of piperidine rings is 1. The van der Waals surface area contributed by atoms with Gasteiger partial charge >= 0.3 is 0 Å². The highest BCUT2D eigenvalue weighted by Crippen LogP contribution is 2.17. The summed E-state index contributed by atoms with van der Waals surface area (Å²) >= 11 is 0. The minimum atomic E-state index is 0.519. The molecule has 1 atom stereocenters. The molecule has 1 unspecified atom stereocenters. The molecule has 0 aromatic carbocycles. The minimum absolute atomic E-state index is 0.519. The second-order valence-electron chi connectivity index (χ2n) is 5.53. The smallest absolute Gasteiger partial charge is 0.241 e. The Morgan fingerprint density at radius 1 is 1.48 bits per heavy atom. The fourth-order valence-electron chi connectivity index (χ4n) is 2.77. The van der Waals surface area contributed by atoms with Crippen LogP contribution in [-0.2, 0) is 6.54 Å². The molecule has 0 radical (unpaired) electrons. The van der Waals surface area contributed by atoms with Crippen LogP contribution in [0.4, 0.5) is 0 Å². The van der Waals surface area contributed by atoms with Gasteiger partial charge in [0.1, 0.15) is 0 Å². The molecule has 1 N–H and O–H groups in total. The Balaban J connectivity index is 1.58. The van der Waals surface area contributed by atoms with Gasteiger partial charge in [0.15, 0.2) is 5.76 Å². The molecule has 0 amide bonds. The summed E-state index contributed by atoms with van der Waals surface area (Å²) in [5.74, 6) is 2.52. The van der Waals surface area contributed by atoms with Crippen molar-refractivity contribution in [3.8, 4) is 11.6 Å². The quantitative estimate of drug-likeness (QED) is 0.879. The average Bonchev–Trinajstić information content (AvgIpc) is 3.18. The fraction of sp³-hybridized carbons (Fsp3) is 0.600.